The zero-order chi connectivity index (χ0) is 14.6. The lowest BCUT2D eigenvalue weighted by Crippen LogP contribution is -2.12. The number of thiophene rings is 1. The molecule has 3 nitrogen and oxygen atoms in total. The Hall–Kier alpha value is -1.91. The van der Waals surface area contributed by atoms with Crippen LogP contribution in [0.4, 0.5) is 0 Å². The maximum absolute atomic E-state index is 11.8. The number of fused-ring (bicyclic) bond motifs is 4. The largest absolute Gasteiger partial charge is 0.478 e. The van der Waals surface area contributed by atoms with Crippen molar-refractivity contribution in [2.75, 3.05) is 0 Å². The van der Waals surface area contributed by atoms with Gasteiger partial charge in [0.25, 0.3) is 0 Å². The van der Waals surface area contributed by atoms with Crippen LogP contribution in [0.2, 0.25) is 5.02 Å². The van der Waals surface area contributed by atoms with Gasteiger partial charge in [-0.15, -0.1) is 11.3 Å². The number of aromatic nitrogens is 1. The average Bonchev–Trinajstić information content (AvgIpc) is 2.94. The molecule has 2 aromatic heterocycles. The van der Waals surface area contributed by atoms with Gasteiger partial charge in [-0.1, -0.05) is 17.7 Å². The van der Waals surface area contributed by atoms with Crippen LogP contribution in [0.1, 0.15) is 20.8 Å². The van der Waals surface area contributed by atoms with Gasteiger partial charge in [0.2, 0.25) is 0 Å². The first-order chi connectivity index (χ1) is 10.2. The molecule has 21 heavy (non-hydrogen) atoms. The number of rotatable bonds is 1. The number of pyridine rings is 1. The Morgan fingerprint density at radius 2 is 2.14 bits per heavy atom. The first kappa shape index (κ1) is 12.8. The highest BCUT2D eigenvalue weighted by atomic mass is 35.5. The highest BCUT2D eigenvalue weighted by molar-refractivity contribution is 7.10. The van der Waals surface area contributed by atoms with Crippen molar-refractivity contribution in [1.29, 1.82) is 0 Å². The summed E-state index contributed by atoms with van der Waals surface area (Å²) in [5, 5.41) is 12.7. The molecule has 0 unspecified atom stereocenters. The molecule has 0 saturated heterocycles. The number of hydrogen-bond donors (Lipinski definition) is 1. The van der Waals surface area contributed by atoms with Gasteiger partial charge in [-0.05, 0) is 42.0 Å². The van der Waals surface area contributed by atoms with Gasteiger partial charge in [-0.25, -0.2) is 9.78 Å². The molecule has 0 radical (unpaired) electrons. The van der Waals surface area contributed by atoms with E-state index < -0.39 is 5.97 Å². The molecule has 1 N–H and O–H groups in total. The monoisotopic (exact) mass is 315 g/mol. The Morgan fingerprint density at radius 1 is 1.29 bits per heavy atom. The predicted octanol–water partition coefficient (Wildman–Crippen LogP) is 4.41. The standard InChI is InChI=1S/C16H10ClNO2S/c17-10-2-1-3-11-14(10)13(16(19)20)9-4-5-12-8(6-7-21-12)15(9)18-11/h1-3,6-7H,4-5H2,(H,19,20). The lowest BCUT2D eigenvalue weighted by Gasteiger charge is -2.19. The van der Waals surface area contributed by atoms with Crippen molar-refractivity contribution in [1.82, 2.24) is 4.98 Å². The van der Waals surface area contributed by atoms with E-state index >= 15 is 0 Å². The van der Waals surface area contributed by atoms with Crippen LogP contribution in [0.5, 0.6) is 0 Å². The van der Waals surface area contributed by atoms with Gasteiger partial charge in [-0.2, -0.15) is 0 Å². The molecule has 2 heterocycles. The van der Waals surface area contributed by atoms with E-state index in [9.17, 15) is 9.90 Å². The van der Waals surface area contributed by atoms with E-state index in [0.717, 1.165) is 23.2 Å². The van der Waals surface area contributed by atoms with Crippen LogP contribution >= 0.6 is 22.9 Å². The molecule has 3 aromatic rings. The maximum Gasteiger partial charge on any atom is 0.336 e. The molecule has 1 aliphatic carbocycles. The summed E-state index contributed by atoms with van der Waals surface area (Å²) in [4.78, 5) is 17.8. The van der Waals surface area contributed by atoms with Crippen molar-refractivity contribution in [2.24, 2.45) is 0 Å². The van der Waals surface area contributed by atoms with Gasteiger partial charge in [-0.3, -0.25) is 0 Å². The van der Waals surface area contributed by atoms with E-state index in [0.29, 0.717) is 27.9 Å². The Morgan fingerprint density at radius 3 is 2.95 bits per heavy atom. The minimum absolute atomic E-state index is 0.303. The average molecular weight is 316 g/mol. The van der Waals surface area contributed by atoms with Crippen molar-refractivity contribution in [3.63, 3.8) is 0 Å². The molecule has 1 aliphatic rings. The summed E-state index contributed by atoms with van der Waals surface area (Å²) in [6.07, 6.45) is 1.55. The van der Waals surface area contributed by atoms with E-state index in [1.807, 2.05) is 17.5 Å². The van der Waals surface area contributed by atoms with Crippen molar-refractivity contribution in [3.8, 4) is 11.3 Å². The third-order valence-electron chi connectivity index (χ3n) is 3.88. The number of benzene rings is 1. The fourth-order valence-electron chi connectivity index (χ4n) is 3.00. The van der Waals surface area contributed by atoms with Crippen molar-refractivity contribution in [2.45, 2.75) is 12.8 Å². The van der Waals surface area contributed by atoms with Gasteiger partial charge >= 0.3 is 5.97 Å². The molecule has 0 aliphatic heterocycles. The number of carbonyl (C=O) groups is 1. The Bertz CT molecular complexity index is 901. The van der Waals surface area contributed by atoms with E-state index in [1.165, 1.54) is 4.88 Å². The number of carboxylic acids is 1. The van der Waals surface area contributed by atoms with Crippen LogP contribution in [-0.2, 0) is 12.8 Å². The number of aryl methyl sites for hydroxylation is 1. The summed E-state index contributed by atoms with van der Waals surface area (Å²) in [6, 6.07) is 7.35. The Balaban J connectivity index is 2.19. The number of nitrogens with zero attached hydrogens (tertiary/aromatic N) is 1. The lowest BCUT2D eigenvalue weighted by molar-refractivity contribution is 0.0698. The number of aromatic carboxylic acids is 1. The predicted molar refractivity (Wildman–Crippen MR) is 84.4 cm³/mol. The van der Waals surface area contributed by atoms with Crippen LogP contribution in [0, 0.1) is 0 Å². The van der Waals surface area contributed by atoms with Crippen LogP contribution in [0.15, 0.2) is 29.6 Å². The van der Waals surface area contributed by atoms with Crippen LogP contribution in [-0.4, -0.2) is 16.1 Å². The highest BCUT2D eigenvalue weighted by Crippen LogP contribution is 2.40. The second-order valence-corrected chi connectivity index (χ2v) is 6.42. The lowest BCUT2D eigenvalue weighted by atomic mass is 9.89. The smallest absolute Gasteiger partial charge is 0.336 e. The maximum atomic E-state index is 11.8. The molecule has 0 amide bonds. The molecule has 0 spiro atoms. The second-order valence-electron chi connectivity index (χ2n) is 5.01. The quantitative estimate of drug-likeness (QED) is 0.723. The molecular formula is C16H10ClNO2S. The van der Waals surface area contributed by atoms with E-state index in [4.69, 9.17) is 16.6 Å². The molecule has 5 heteroatoms. The number of halogens is 1. The van der Waals surface area contributed by atoms with Crippen LogP contribution < -0.4 is 0 Å². The molecule has 0 saturated carbocycles. The topological polar surface area (TPSA) is 50.2 Å². The molecule has 0 bridgehead atoms. The summed E-state index contributed by atoms with van der Waals surface area (Å²) < 4.78 is 0. The molecule has 0 fully saturated rings. The van der Waals surface area contributed by atoms with E-state index in [2.05, 4.69) is 0 Å². The van der Waals surface area contributed by atoms with Crippen molar-refractivity contribution < 1.29 is 9.90 Å². The normalized spacial score (nSPS) is 13.0. The third-order valence-corrected chi connectivity index (χ3v) is 5.17. The van der Waals surface area contributed by atoms with Gasteiger partial charge in [0.05, 0.1) is 21.8 Å². The summed E-state index contributed by atoms with van der Waals surface area (Å²) in [5.41, 5.74) is 3.60. The summed E-state index contributed by atoms with van der Waals surface area (Å²) in [7, 11) is 0. The fraction of sp³-hybridized carbons (Fsp3) is 0.125. The van der Waals surface area contributed by atoms with Crippen molar-refractivity contribution >= 4 is 39.8 Å². The fourth-order valence-corrected chi connectivity index (χ4v) is 4.14. The van der Waals surface area contributed by atoms with Gasteiger partial charge in [0.15, 0.2) is 0 Å². The first-order valence-corrected chi connectivity index (χ1v) is 7.83. The van der Waals surface area contributed by atoms with E-state index in [1.54, 1.807) is 23.5 Å². The zero-order valence-electron chi connectivity index (χ0n) is 10.9. The number of carboxylic acid groups (broad SMARTS) is 1. The number of hydrogen-bond acceptors (Lipinski definition) is 3. The zero-order valence-corrected chi connectivity index (χ0v) is 12.5. The molecular weight excluding hydrogens is 306 g/mol. The highest BCUT2D eigenvalue weighted by Gasteiger charge is 2.26. The van der Waals surface area contributed by atoms with Crippen molar-refractivity contribution in [3.05, 3.63) is 50.7 Å². The molecule has 1 aromatic carbocycles. The summed E-state index contributed by atoms with van der Waals surface area (Å²) >= 11 is 7.92. The minimum Gasteiger partial charge on any atom is -0.478 e. The summed E-state index contributed by atoms with van der Waals surface area (Å²) in [5.74, 6) is -0.939. The SMILES string of the molecule is O=C(O)c1c2c(nc3cccc(Cl)c13)-c1ccsc1CC2. The molecule has 104 valence electrons. The Labute approximate surface area is 129 Å². The van der Waals surface area contributed by atoms with Gasteiger partial charge in [0, 0.05) is 15.8 Å². The summed E-state index contributed by atoms with van der Waals surface area (Å²) in [6.45, 7) is 0. The molecule has 0 atom stereocenters. The third kappa shape index (κ3) is 1.79. The molecule has 4 rings (SSSR count). The van der Waals surface area contributed by atoms with Crippen LogP contribution in [0.25, 0.3) is 22.2 Å². The van der Waals surface area contributed by atoms with Gasteiger partial charge in [0.1, 0.15) is 0 Å². The van der Waals surface area contributed by atoms with E-state index in [-0.39, 0.29) is 0 Å². The minimum atomic E-state index is -0.939. The van der Waals surface area contributed by atoms with Gasteiger partial charge < -0.3 is 5.11 Å². The van der Waals surface area contributed by atoms with Crippen LogP contribution in [0.3, 0.4) is 0 Å². The Kier molecular flexibility index (Phi) is 2.77. The second kappa shape index (κ2) is 4.55. The first-order valence-electron chi connectivity index (χ1n) is 6.58.